The van der Waals surface area contributed by atoms with E-state index in [1.807, 2.05) is 69.4 Å². The molecule has 4 rings (SSSR count). The van der Waals surface area contributed by atoms with Gasteiger partial charge in [0.25, 0.3) is 0 Å². The number of benzene rings is 1. The van der Waals surface area contributed by atoms with Crippen molar-refractivity contribution in [2.24, 2.45) is 0 Å². The van der Waals surface area contributed by atoms with Crippen LogP contribution in [0.5, 0.6) is 5.75 Å². The van der Waals surface area contributed by atoms with Gasteiger partial charge in [0.05, 0.1) is 24.2 Å². The highest BCUT2D eigenvalue weighted by molar-refractivity contribution is 5.73. The lowest BCUT2D eigenvalue weighted by molar-refractivity contribution is 0.0270. The minimum absolute atomic E-state index is 0.292. The predicted molar refractivity (Wildman–Crippen MR) is 122 cm³/mol. The lowest BCUT2D eigenvalue weighted by atomic mass is 10.0. The third-order valence-corrected chi connectivity index (χ3v) is 5.08. The lowest BCUT2D eigenvalue weighted by Crippen LogP contribution is -2.39. The molecule has 0 bridgehead atoms. The zero-order valence-corrected chi connectivity index (χ0v) is 18.8. The van der Waals surface area contributed by atoms with Crippen LogP contribution in [0.4, 0.5) is 4.79 Å². The molecule has 8 heteroatoms. The van der Waals surface area contributed by atoms with Crippen LogP contribution in [-0.2, 0) is 4.74 Å². The van der Waals surface area contributed by atoms with Gasteiger partial charge in [-0.25, -0.2) is 9.48 Å². The molecule has 1 amide bonds. The molecule has 0 saturated heterocycles. The van der Waals surface area contributed by atoms with Gasteiger partial charge in [-0.1, -0.05) is 6.08 Å². The van der Waals surface area contributed by atoms with Gasteiger partial charge in [-0.2, -0.15) is 10.2 Å². The standard InChI is InChI=1S/C24H27N5O3/c1-24(2,3)32-23(30)28-14-10-17(11-15-28)20-8-9-21(27-26-20)19-7-6-18(16-22(19)31-4)29-13-5-12-25-29/h5-10,12-13,16H,11,14-15H2,1-4H3. The minimum Gasteiger partial charge on any atom is -0.496 e. The van der Waals surface area contributed by atoms with Gasteiger partial charge in [-0.05, 0) is 63.1 Å². The second kappa shape index (κ2) is 8.82. The molecule has 2 aromatic heterocycles. The molecule has 8 nitrogen and oxygen atoms in total. The molecule has 0 fully saturated rings. The second-order valence-electron chi connectivity index (χ2n) is 8.54. The molecule has 3 aromatic rings. The van der Waals surface area contributed by atoms with Crippen LogP contribution in [0.15, 0.2) is 54.9 Å². The Morgan fingerprint density at radius 2 is 1.88 bits per heavy atom. The molecule has 3 heterocycles. The first-order valence-electron chi connectivity index (χ1n) is 10.5. The molecule has 0 atom stereocenters. The number of ether oxygens (including phenoxy) is 2. The monoisotopic (exact) mass is 433 g/mol. The first kappa shape index (κ1) is 21.5. The number of hydrogen-bond acceptors (Lipinski definition) is 6. The molecule has 0 aliphatic carbocycles. The van der Waals surface area contributed by atoms with Crippen molar-refractivity contribution in [2.45, 2.75) is 32.8 Å². The van der Waals surface area contributed by atoms with Gasteiger partial charge < -0.3 is 14.4 Å². The second-order valence-corrected chi connectivity index (χ2v) is 8.54. The van der Waals surface area contributed by atoms with Crippen molar-refractivity contribution in [2.75, 3.05) is 20.2 Å². The summed E-state index contributed by atoms with van der Waals surface area (Å²) in [4.78, 5) is 13.9. The minimum atomic E-state index is -0.500. The fourth-order valence-electron chi connectivity index (χ4n) is 3.50. The Hall–Kier alpha value is -3.68. The molecule has 0 N–H and O–H groups in total. The van der Waals surface area contributed by atoms with E-state index in [0.717, 1.165) is 28.2 Å². The summed E-state index contributed by atoms with van der Waals surface area (Å²) in [5.74, 6) is 0.699. The quantitative estimate of drug-likeness (QED) is 0.608. The van der Waals surface area contributed by atoms with E-state index in [-0.39, 0.29) is 6.09 Å². The van der Waals surface area contributed by atoms with E-state index < -0.39 is 5.60 Å². The van der Waals surface area contributed by atoms with Gasteiger partial charge in [0, 0.05) is 37.1 Å². The highest BCUT2D eigenvalue weighted by Crippen LogP contribution is 2.31. The number of hydrogen-bond donors (Lipinski definition) is 0. The van der Waals surface area contributed by atoms with Crippen LogP contribution in [0.25, 0.3) is 22.5 Å². The Bertz CT molecular complexity index is 1120. The molecule has 32 heavy (non-hydrogen) atoms. The molecular formula is C24H27N5O3. The maximum atomic E-state index is 12.2. The number of amides is 1. The Labute approximate surface area is 187 Å². The molecular weight excluding hydrogens is 406 g/mol. The summed E-state index contributed by atoms with van der Waals surface area (Å²) in [7, 11) is 1.64. The topological polar surface area (TPSA) is 82.4 Å². The van der Waals surface area contributed by atoms with E-state index in [1.54, 1.807) is 22.9 Å². The average molecular weight is 434 g/mol. The van der Waals surface area contributed by atoms with Gasteiger partial charge >= 0.3 is 6.09 Å². The number of carbonyl (C=O) groups is 1. The Morgan fingerprint density at radius 3 is 2.47 bits per heavy atom. The summed E-state index contributed by atoms with van der Waals surface area (Å²) >= 11 is 0. The van der Waals surface area contributed by atoms with Gasteiger partial charge in [0.15, 0.2) is 0 Å². The molecule has 0 unspecified atom stereocenters. The predicted octanol–water partition coefficient (Wildman–Crippen LogP) is 4.36. The van der Waals surface area contributed by atoms with Crippen molar-refractivity contribution in [3.63, 3.8) is 0 Å². The number of methoxy groups -OCH3 is 1. The zero-order valence-electron chi connectivity index (χ0n) is 18.8. The van der Waals surface area contributed by atoms with Crippen LogP contribution in [-0.4, -0.2) is 56.8 Å². The van der Waals surface area contributed by atoms with Crippen molar-refractivity contribution in [3.05, 3.63) is 60.6 Å². The van der Waals surface area contributed by atoms with Crippen molar-refractivity contribution in [1.29, 1.82) is 0 Å². The van der Waals surface area contributed by atoms with Crippen molar-refractivity contribution in [1.82, 2.24) is 24.9 Å². The lowest BCUT2D eigenvalue weighted by Gasteiger charge is -2.29. The van der Waals surface area contributed by atoms with E-state index in [4.69, 9.17) is 9.47 Å². The summed E-state index contributed by atoms with van der Waals surface area (Å²) in [6.07, 6.45) is 6.04. The highest BCUT2D eigenvalue weighted by Gasteiger charge is 2.24. The number of nitrogens with zero attached hydrogens (tertiary/aromatic N) is 5. The Balaban J connectivity index is 1.49. The Kier molecular flexibility index (Phi) is 5.94. The highest BCUT2D eigenvalue weighted by atomic mass is 16.6. The smallest absolute Gasteiger partial charge is 0.410 e. The van der Waals surface area contributed by atoms with Gasteiger partial charge in [0.1, 0.15) is 11.4 Å². The van der Waals surface area contributed by atoms with E-state index in [1.165, 1.54) is 0 Å². The molecule has 0 saturated carbocycles. The molecule has 1 aliphatic heterocycles. The van der Waals surface area contributed by atoms with E-state index in [9.17, 15) is 4.79 Å². The summed E-state index contributed by atoms with van der Waals surface area (Å²) in [5, 5.41) is 13.1. The number of rotatable bonds is 4. The summed E-state index contributed by atoms with van der Waals surface area (Å²) < 4.78 is 12.8. The van der Waals surface area contributed by atoms with E-state index in [0.29, 0.717) is 25.3 Å². The SMILES string of the molecule is COc1cc(-n2cccn2)ccc1-c1ccc(C2=CCN(C(=O)OC(C)(C)C)CC2)nn1. The summed E-state index contributed by atoms with van der Waals surface area (Å²) in [6, 6.07) is 11.6. The molecule has 0 radical (unpaired) electrons. The fourth-order valence-corrected chi connectivity index (χ4v) is 3.50. The van der Waals surface area contributed by atoms with Crippen molar-refractivity contribution >= 4 is 11.7 Å². The molecule has 1 aliphatic rings. The third kappa shape index (κ3) is 4.80. The third-order valence-electron chi connectivity index (χ3n) is 5.08. The van der Waals surface area contributed by atoms with Gasteiger partial charge in [-0.15, -0.1) is 5.10 Å². The largest absolute Gasteiger partial charge is 0.496 e. The van der Waals surface area contributed by atoms with Crippen molar-refractivity contribution < 1.29 is 14.3 Å². The van der Waals surface area contributed by atoms with Crippen molar-refractivity contribution in [3.8, 4) is 22.7 Å². The number of aromatic nitrogens is 4. The molecule has 1 aromatic carbocycles. The van der Waals surface area contributed by atoms with Gasteiger partial charge in [-0.3, -0.25) is 0 Å². The van der Waals surface area contributed by atoms with Crippen LogP contribution < -0.4 is 4.74 Å². The molecule has 0 spiro atoms. The van der Waals surface area contributed by atoms with Crippen LogP contribution in [0.1, 0.15) is 32.9 Å². The van der Waals surface area contributed by atoms with Crippen LogP contribution in [0, 0.1) is 0 Å². The Morgan fingerprint density at radius 1 is 1.09 bits per heavy atom. The van der Waals surface area contributed by atoms with Crippen LogP contribution in [0.2, 0.25) is 0 Å². The first-order chi connectivity index (χ1) is 15.3. The molecule has 166 valence electrons. The maximum absolute atomic E-state index is 12.2. The van der Waals surface area contributed by atoms with Gasteiger partial charge in [0.2, 0.25) is 0 Å². The maximum Gasteiger partial charge on any atom is 0.410 e. The fraction of sp³-hybridized carbons (Fsp3) is 0.333. The van der Waals surface area contributed by atoms with E-state index in [2.05, 4.69) is 15.3 Å². The summed E-state index contributed by atoms with van der Waals surface area (Å²) in [6.45, 7) is 6.69. The first-order valence-corrected chi connectivity index (χ1v) is 10.5. The summed E-state index contributed by atoms with van der Waals surface area (Å²) in [5.41, 5.74) is 3.87. The zero-order chi connectivity index (χ0) is 22.7. The van der Waals surface area contributed by atoms with Crippen LogP contribution >= 0.6 is 0 Å². The number of carbonyl (C=O) groups excluding carboxylic acids is 1. The average Bonchev–Trinajstić information content (AvgIpc) is 3.33. The van der Waals surface area contributed by atoms with E-state index >= 15 is 0 Å². The van der Waals surface area contributed by atoms with Crippen LogP contribution in [0.3, 0.4) is 0 Å². The normalized spacial score (nSPS) is 14.1.